The topological polar surface area (TPSA) is 63.4 Å². The summed E-state index contributed by atoms with van der Waals surface area (Å²) in [5, 5.41) is 0. The van der Waals surface area contributed by atoms with Crippen LogP contribution in [0, 0.1) is 5.92 Å². The SMILES string of the molecule is CN(CC(C)(N)C1CC1)C1CCS(=O)(=O)C1. The van der Waals surface area contributed by atoms with Crippen molar-refractivity contribution in [1.29, 1.82) is 0 Å². The molecule has 4 nitrogen and oxygen atoms in total. The quantitative estimate of drug-likeness (QED) is 0.771. The lowest BCUT2D eigenvalue weighted by molar-refractivity contribution is 0.194. The maximum atomic E-state index is 11.4. The zero-order chi connectivity index (χ0) is 12.0. The summed E-state index contributed by atoms with van der Waals surface area (Å²) in [4.78, 5) is 2.14. The van der Waals surface area contributed by atoms with Crippen molar-refractivity contribution in [2.75, 3.05) is 25.1 Å². The molecule has 0 bridgehead atoms. The van der Waals surface area contributed by atoms with Gasteiger partial charge in [0.05, 0.1) is 11.5 Å². The molecular formula is C11H22N2O2S. The van der Waals surface area contributed by atoms with Crippen LogP contribution in [0.3, 0.4) is 0 Å². The average Bonchev–Trinajstić information content (AvgIpc) is 2.91. The number of nitrogens with zero attached hydrogens (tertiary/aromatic N) is 1. The third kappa shape index (κ3) is 2.76. The van der Waals surface area contributed by atoms with Gasteiger partial charge in [0.15, 0.2) is 9.84 Å². The number of hydrogen-bond acceptors (Lipinski definition) is 4. The molecule has 1 aliphatic heterocycles. The van der Waals surface area contributed by atoms with Crippen LogP contribution in [-0.4, -0.2) is 50.0 Å². The minimum absolute atomic E-state index is 0.152. The van der Waals surface area contributed by atoms with E-state index in [2.05, 4.69) is 11.8 Å². The lowest BCUT2D eigenvalue weighted by Crippen LogP contribution is -2.51. The molecule has 2 fully saturated rings. The summed E-state index contributed by atoms with van der Waals surface area (Å²) in [6, 6.07) is 0.173. The van der Waals surface area contributed by atoms with E-state index in [1.54, 1.807) is 0 Å². The molecule has 94 valence electrons. The molecule has 16 heavy (non-hydrogen) atoms. The van der Waals surface area contributed by atoms with E-state index in [4.69, 9.17) is 5.73 Å². The predicted molar refractivity (Wildman–Crippen MR) is 65.0 cm³/mol. The Balaban J connectivity index is 1.91. The maximum absolute atomic E-state index is 11.4. The van der Waals surface area contributed by atoms with E-state index in [0.29, 0.717) is 17.4 Å². The van der Waals surface area contributed by atoms with Crippen molar-refractivity contribution >= 4 is 9.84 Å². The van der Waals surface area contributed by atoms with Crippen molar-refractivity contribution in [1.82, 2.24) is 4.90 Å². The molecule has 2 unspecified atom stereocenters. The first-order valence-electron chi connectivity index (χ1n) is 6.00. The van der Waals surface area contributed by atoms with Gasteiger partial charge in [0.1, 0.15) is 0 Å². The van der Waals surface area contributed by atoms with Crippen molar-refractivity contribution in [2.24, 2.45) is 11.7 Å². The third-order valence-corrected chi connectivity index (χ3v) is 5.68. The Kier molecular flexibility index (Phi) is 3.05. The van der Waals surface area contributed by atoms with Crippen molar-refractivity contribution < 1.29 is 8.42 Å². The zero-order valence-corrected chi connectivity index (χ0v) is 11.0. The fourth-order valence-electron chi connectivity index (χ4n) is 2.66. The molecule has 0 aromatic heterocycles. The fraction of sp³-hybridized carbons (Fsp3) is 1.00. The monoisotopic (exact) mass is 246 g/mol. The Hall–Kier alpha value is -0.130. The summed E-state index contributed by atoms with van der Waals surface area (Å²) >= 11 is 0. The number of sulfone groups is 1. The van der Waals surface area contributed by atoms with Gasteiger partial charge in [-0.2, -0.15) is 0 Å². The van der Waals surface area contributed by atoms with Gasteiger partial charge in [0.25, 0.3) is 0 Å². The summed E-state index contributed by atoms with van der Waals surface area (Å²) in [5.74, 6) is 1.28. The van der Waals surface area contributed by atoms with Crippen molar-refractivity contribution in [3.63, 3.8) is 0 Å². The molecule has 1 saturated carbocycles. The Bertz CT molecular complexity index is 360. The van der Waals surface area contributed by atoms with Crippen LogP contribution in [0.4, 0.5) is 0 Å². The van der Waals surface area contributed by atoms with Gasteiger partial charge in [0, 0.05) is 18.1 Å². The molecule has 2 aliphatic rings. The van der Waals surface area contributed by atoms with Crippen LogP contribution in [0.2, 0.25) is 0 Å². The number of nitrogens with two attached hydrogens (primary N) is 1. The van der Waals surface area contributed by atoms with Crippen LogP contribution >= 0.6 is 0 Å². The first-order valence-corrected chi connectivity index (χ1v) is 7.82. The fourth-order valence-corrected chi connectivity index (χ4v) is 4.47. The van der Waals surface area contributed by atoms with Crippen LogP contribution in [-0.2, 0) is 9.84 Å². The van der Waals surface area contributed by atoms with E-state index in [-0.39, 0.29) is 11.6 Å². The van der Waals surface area contributed by atoms with Crippen LogP contribution in [0.1, 0.15) is 26.2 Å². The Morgan fingerprint density at radius 2 is 2.00 bits per heavy atom. The van der Waals surface area contributed by atoms with Crippen LogP contribution in [0.15, 0.2) is 0 Å². The smallest absolute Gasteiger partial charge is 0.151 e. The summed E-state index contributed by atoms with van der Waals surface area (Å²) in [7, 11) is -0.784. The molecule has 2 atom stereocenters. The van der Waals surface area contributed by atoms with E-state index in [1.807, 2.05) is 7.05 Å². The molecule has 2 N–H and O–H groups in total. The van der Waals surface area contributed by atoms with Gasteiger partial charge >= 0.3 is 0 Å². The van der Waals surface area contributed by atoms with E-state index < -0.39 is 9.84 Å². The molecular weight excluding hydrogens is 224 g/mol. The van der Waals surface area contributed by atoms with E-state index >= 15 is 0 Å². The molecule has 0 spiro atoms. The van der Waals surface area contributed by atoms with E-state index in [0.717, 1.165) is 13.0 Å². The summed E-state index contributed by atoms with van der Waals surface area (Å²) in [6.07, 6.45) is 3.22. The molecule has 2 rings (SSSR count). The summed E-state index contributed by atoms with van der Waals surface area (Å²) < 4.78 is 22.8. The number of likely N-dealkylation sites (N-methyl/N-ethyl adjacent to an activating group) is 1. The van der Waals surface area contributed by atoms with Gasteiger partial charge in [-0.3, -0.25) is 0 Å². The van der Waals surface area contributed by atoms with Crippen LogP contribution < -0.4 is 5.73 Å². The van der Waals surface area contributed by atoms with Gasteiger partial charge in [-0.05, 0) is 39.2 Å². The molecule has 1 heterocycles. The van der Waals surface area contributed by atoms with Gasteiger partial charge in [0.2, 0.25) is 0 Å². The Morgan fingerprint density at radius 3 is 2.44 bits per heavy atom. The van der Waals surface area contributed by atoms with Gasteiger partial charge in [-0.25, -0.2) is 8.42 Å². The molecule has 0 amide bonds. The lowest BCUT2D eigenvalue weighted by atomic mass is 9.96. The Labute approximate surface area is 98.1 Å². The molecule has 0 aromatic rings. The number of rotatable bonds is 4. The Morgan fingerprint density at radius 1 is 1.38 bits per heavy atom. The molecule has 1 saturated heterocycles. The minimum Gasteiger partial charge on any atom is -0.324 e. The van der Waals surface area contributed by atoms with E-state index in [1.165, 1.54) is 12.8 Å². The second-order valence-corrected chi connectivity index (χ2v) is 7.98. The molecule has 0 aromatic carbocycles. The maximum Gasteiger partial charge on any atom is 0.151 e. The van der Waals surface area contributed by atoms with E-state index in [9.17, 15) is 8.42 Å². The summed E-state index contributed by atoms with van der Waals surface area (Å²) in [5.41, 5.74) is 6.12. The van der Waals surface area contributed by atoms with Crippen molar-refractivity contribution in [3.05, 3.63) is 0 Å². The second kappa shape index (κ2) is 3.96. The van der Waals surface area contributed by atoms with Crippen molar-refractivity contribution in [3.8, 4) is 0 Å². The van der Waals surface area contributed by atoms with Gasteiger partial charge < -0.3 is 10.6 Å². The third-order valence-electron chi connectivity index (χ3n) is 3.93. The van der Waals surface area contributed by atoms with Gasteiger partial charge in [-0.1, -0.05) is 0 Å². The average molecular weight is 246 g/mol. The molecule has 0 radical (unpaired) electrons. The summed E-state index contributed by atoms with van der Waals surface area (Å²) in [6.45, 7) is 2.89. The highest BCUT2D eigenvalue weighted by Crippen LogP contribution is 2.38. The number of hydrogen-bond donors (Lipinski definition) is 1. The van der Waals surface area contributed by atoms with Gasteiger partial charge in [-0.15, -0.1) is 0 Å². The first kappa shape index (κ1) is 12.3. The second-order valence-electron chi connectivity index (χ2n) is 5.75. The highest BCUT2D eigenvalue weighted by molar-refractivity contribution is 7.91. The lowest BCUT2D eigenvalue weighted by Gasteiger charge is -2.33. The highest BCUT2D eigenvalue weighted by atomic mass is 32.2. The normalized spacial score (nSPS) is 32.9. The largest absolute Gasteiger partial charge is 0.324 e. The minimum atomic E-state index is -2.78. The highest BCUT2D eigenvalue weighted by Gasteiger charge is 2.41. The zero-order valence-electron chi connectivity index (χ0n) is 10.1. The van der Waals surface area contributed by atoms with Crippen molar-refractivity contribution in [2.45, 2.75) is 37.8 Å². The standard InChI is InChI=1S/C11H22N2O2S/c1-11(12,9-3-4-9)8-13(2)10-5-6-16(14,15)7-10/h9-10H,3-8,12H2,1-2H3. The molecule has 1 aliphatic carbocycles. The predicted octanol–water partition coefficient (Wildman–Crippen LogP) is 0.233. The van der Waals surface area contributed by atoms with Crippen LogP contribution in [0.5, 0.6) is 0 Å². The van der Waals surface area contributed by atoms with Crippen LogP contribution in [0.25, 0.3) is 0 Å². The molecule has 5 heteroatoms. The first-order chi connectivity index (χ1) is 7.30.